The normalized spacial score (nSPS) is 30.2. The lowest BCUT2D eigenvalue weighted by atomic mass is 9.79. The number of ether oxygens (including phenoxy) is 4. The van der Waals surface area contributed by atoms with Crippen molar-refractivity contribution in [1.29, 1.82) is 0 Å². The second-order valence-electron chi connectivity index (χ2n) is 20.6. The zero-order valence-corrected chi connectivity index (χ0v) is 42.5. The number of hydrogen-bond acceptors (Lipinski definition) is 15. The molecule has 5 aliphatic rings. The van der Waals surface area contributed by atoms with Crippen LogP contribution < -0.4 is 20.7 Å². The van der Waals surface area contributed by atoms with E-state index in [1.165, 1.54) is 27.2 Å². The smallest absolute Gasteiger partial charge is 0.315 e. The summed E-state index contributed by atoms with van der Waals surface area (Å²) < 4.78 is 24.5. The first-order chi connectivity index (χ1) is 32.5. The van der Waals surface area contributed by atoms with E-state index in [4.69, 9.17) is 23.9 Å². The van der Waals surface area contributed by atoms with Gasteiger partial charge in [-0.05, 0) is 71.2 Å². The summed E-state index contributed by atoms with van der Waals surface area (Å²) in [6.07, 6.45) is 7.28. The van der Waals surface area contributed by atoms with E-state index in [0.717, 1.165) is 26.2 Å². The molecule has 4 heterocycles. The minimum atomic E-state index is -1.99. The van der Waals surface area contributed by atoms with Gasteiger partial charge in [-0.25, -0.2) is 0 Å². The molecule has 5 N–H and O–H groups in total. The van der Waals surface area contributed by atoms with Crippen molar-refractivity contribution in [1.82, 2.24) is 25.8 Å². The predicted octanol–water partition coefficient (Wildman–Crippen LogP) is 5.08. The first kappa shape index (κ1) is 53.0. The van der Waals surface area contributed by atoms with Crippen LogP contribution in [0, 0.1) is 36.5 Å². The fourth-order valence-electron chi connectivity index (χ4n) is 10.2. The third-order valence-electron chi connectivity index (χ3n) is 14.1. The van der Waals surface area contributed by atoms with Gasteiger partial charge in [-0.1, -0.05) is 59.8 Å². The molecule has 5 bridgehead atoms. The summed E-state index contributed by atoms with van der Waals surface area (Å²) in [6, 6.07) is 0. The van der Waals surface area contributed by atoms with Gasteiger partial charge in [-0.3, -0.25) is 29.0 Å². The Morgan fingerprint density at radius 1 is 1.03 bits per heavy atom. The standard InChI is InChI=1S/C52H74N6O11/c1-28(2)27-58-22-18-52(19-23-58)55-41-38-39-45(62)34(8)48-40(38)49(64)51(9,69-48)67-24-17-35(66-12)32(6)47(68-37(60)26-36(59)53-20-14-21-57(10)11)33(7)44(61)31(5)25-29(3)15-13-16-30(4)50(65)54-43(46(39)63)42(41)56-52/h13,15-17,24,28-29,31-33,35,44,47,56,61-62H,14,18-23,25-27H2,1-12H3,(H,53,59)(H,54,65)/b15-13+,24-17+,30-16-/t29-,31+,32+,33+,35-,44+,47+,51-/m0/s1. The molecule has 6 rings (SSSR count). The second kappa shape index (κ2) is 21.7. The number of hydrogen-bond donors (Lipinski definition) is 5. The van der Waals surface area contributed by atoms with Crippen LogP contribution >= 0.6 is 0 Å². The molecule has 1 aromatic rings. The highest BCUT2D eigenvalue weighted by Gasteiger charge is 2.54. The molecule has 8 atom stereocenters. The summed E-state index contributed by atoms with van der Waals surface area (Å²) in [5.41, 5.74) is -0.0956. The average molecular weight is 959 g/mol. The van der Waals surface area contributed by atoms with E-state index in [0.29, 0.717) is 43.7 Å². The number of phenolic OH excluding ortho intramolecular Hbond substituents is 1. The highest BCUT2D eigenvalue weighted by molar-refractivity contribution is 6.34. The fraction of sp³-hybridized carbons (Fsp3) is 0.615. The molecule has 378 valence electrons. The number of carbonyl (C=O) groups excluding carboxylic acids is 5. The van der Waals surface area contributed by atoms with Crippen LogP contribution in [0.1, 0.15) is 119 Å². The third-order valence-corrected chi connectivity index (χ3v) is 14.1. The number of ketones is 2. The van der Waals surface area contributed by atoms with Crippen LogP contribution in [0.2, 0.25) is 0 Å². The van der Waals surface area contributed by atoms with Crippen molar-refractivity contribution in [3.63, 3.8) is 0 Å². The number of allylic oxidation sites excluding steroid dienone is 5. The number of phenols is 1. The summed E-state index contributed by atoms with van der Waals surface area (Å²) >= 11 is 0. The van der Waals surface area contributed by atoms with E-state index in [-0.39, 0.29) is 56.9 Å². The lowest BCUT2D eigenvalue weighted by molar-refractivity contribution is -0.163. The van der Waals surface area contributed by atoms with Crippen molar-refractivity contribution in [2.45, 2.75) is 124 Å². The Bertz CT molecular complexity index is 2320. The van der Waals surface area contributed by atoms with E-state index in [1.54, 1.807) is 39.0 Å². The monoisotopic (exact) mass is 959 g/mol. The Hall–Kier alpha value is -5.36. The molecule has 1 aliphatic carbocycles. The van der Waals surface area contributed by atoms with Crippen molar-refractivity contribution in [2.75, 3.05) is 53.9 Å². The van der Waals surface area contributed by atoms with E-state index >= 15 is 0 Å². The minimum Gasteiger partial charge on any atom is -0.507 e. The maximum Gasteiger partial charge on any atom is 0.315 e. The molecule has 0 aromatic heterocycles. The van der Waals surface area contributed by atoms with Gasteiger partial charge in [0.1, 0.15) is 35.4 Å². The molecule has 0 radical (unpaired) electrons. The van der Waals surface area contributed by atoms with Crippen LogP contribution in [0.25, 0.3) is 0 Å². The van der Waals surface area contributed by atoms with Gasteiger partial charge in [0.2, 0.25) is 11.7 Å². The molecule has 1 fully saturated rings. The molecule has 2 amide bonds. The zero-order chi connectivity index (χ0) is 50.7. The number of aromatic hydroxyl groups is 1. The molecule has 1 spiro atoms. The van der Waals surface area contributed by atoms with E-state index in [9.17, 15) is 34.2 Å². The second-order valence-corrected chi connectivity index (χ2v) is 20.6. The number of benzene rings is 1. The lowest BCUT2D eigenvalue weighted by Gasteiger charge is -2.38. The summed E-state index contributed by atoms with van der Waals surface area (Å²) in [4.78, 5) is 79.5. The van der Waals surface area contributed by atoms with E-state index < -0.39 is 83.1 Å². The molecule has 69 heavy (non-hydrogen) atoms. The predicted molar refractivity (Wildman–Crippen MR) is 260 cm³/mol. The van der Waals surface area contributed by atoms with Gasteiger partial charge in [0.05, 0.1) is 41.0 Å². The van der Waals surface area contributed by atoms with Crippen molar-refractivity contribution >= 4 is 35.1 Å². The quantitative estimate of drug-likeness (QED) is 0.117. The molecule has 17 heteroatoms. The Kier molecular flexibility index (Phi) is 16.7. The third kappa shape index (κ3) is 11.5. The Balaban J connectivity index is 1.40. The van der Waals surface area contributed by atoms with Crippen molar-refractivity contribution < 1.29 is 53.1 Å². The van der Waals surface area contributed by atoms with Gasteiger partial charge in [0.15, 0.2) is 0 Å². The van der Waals surface area contributed by atoms with Crippen molar-refractivity contribution in [2.24, 2.45) is 34.6 Å². The number of aliphatic imine (C=N–C) groups is 1. The average Bonchev–Trinajstić information content (AvgIpc) is 3.79. The Morgan fingerprint density at radius 3 is 2.38 bits per heavy atom. The summed E-state index contributed by atoms with van der Waals surface area (Å²) in [6.45, 7) is 19.9. The first-order valence-electron chi connectivity index (χ1n) is 24.4. The van der Waals surface area contributed by atoms with Crippen LogP contribution in [-0.4, -0.2) is 139 Å². The fourth-order valence-corrected chi connectivity index (χ4v) is 10.2. The first-order valence-corrected chi connectivity index (χ1v) is 24.4. The molecular weight excluding hydrogens is 885 g/mol. The Morgan fingerprint density at radius 2 is 1.72 bits per heavy atom. The van der Waals surface area contributed by atoms with Crippen molar-refractivity contribution in [3.8, 4) is 11.5 Å². The van der Waals surface area contributed by atoms with Crippen LogP contribution in [0.15, 0.2) is 52.5 Å². The number of amides is 2. The van der Waals surface area contributed by atoms with Gasteiger partial charge in [0.25, 0.3) is 11.7 Å². The number of methoxy groups -OCH3 is 1. The number of fused-ring (bicyclic) bond motifs is 3. The number of aliphatic hydroxyl groups is 1. The highest BCUT2D eigenvalue weighted by Crippen LogP contribution is 2.50. The topological polar surface area (TPSA) is 218 Å². The largest absolute Gasteiger partial charge is 0.507 e. The molecule has 1 aromatic carbocycles. The molecule has 0 saturated carbocycles. The zero-order valence-electron chi connectivity index (χ0n) is 42.5. The number of likely N-dealkylation sites (tertiary alicyclic amines) is 1. The van der Waals surface area contributed by atoms with E-state index in [2.05, 4.69) is 34.7 Å². The summed E-state index contributed by atoms with van der Waals surface area (Å²) in [5, 5.41) is 32.9. The molecule has 17 nitrogen and oxygen atoms in total. The maximum atomic E-state index is 14.9. The highest BCUT2D eigenvalue weighted by atomic mass is 16.7. The lowest BCUT2D eigenvalue weighted by Crippen LogP contribution is -2.50. The van der Waals surface area contributed by atoms with Crippen LogP contribution in [0.4, 0.5) is 0 Å². The number of nitrogens with zero attached hydrogens (tertiary/aromatic N) is 3. The van der Waals surface area contributed by atoms with Gasteiger partial charge in [-0.2, -0.15) is 0 Å². The van der Waals surface area contributed by atoms with Crippen LogP contribution in [0.3, 0.4) is 0 Å². The van der Waals surface area contributed by atoms with Gasteiger partial charge < -0.3 is 54.9 Å². The van der Waals surface area contributed by atoms with Crippen LogP contribution in [0.5, 0.6) is 11.5 Å². The maximum absolute atomic E-state index is 14.9. The number of nitrogens with one attached hydrogen (secondary N) is 3. The van der Waals surface area contributed by atoms with Gasteiger partial charge in [0, 0.05) is 81.6 Å². The van der Waals surface area contributed by atoms with Gasteiger partial charge >= 0.3 is 11.8 Å². The summed E-state index contributed by atoms with van der Waals surface area (Å²) in [5.74, 6) is -6.68. The number of Topliss-reactive ketones (excluding diaryl/α,β-unsaturated/α-hetero) is 2. The number of esters is 1. The molecular formula is C52H74N6O11. The number of carbonyl (C=O) groups is 5. The number of rotatable bonds is 10. The SMILES string of the molecule is CO[C@H]1/C=C/O[C@@]2(C)Oc3c(C)c(O)c4c(c3C2=O)C2=NC3(CCN(CC(C)C)CC3)NC2=C(NC(=O)/C(C)=C\C=C\[C@H](C)C[C@@H](C)[C@@H](O)[C@@H](C)[C@H](OC(=O)CC(=O)NCCCN(C)C)[C@@H]1C)C4=O. The van der Waals surface area contributed by atoms with Crippen LogP contribution in [-0.2, 0) is 28.6 Å². The van der Waals surface area contributed by atoms with Crippen molar-refractivity contribution in [3.05, 3.63) is 69.8 Å². The number of aliphatic hydroxyl groups excluding tert-OH is 1. The van der Waals surface area contributed by atoms with E-state index in [1.807, 2.05) is 38.9 Å². The molecule has 4 aliphatic heterocycles. The minimum absolute atomic E-state index is 0.00867. The molecule has 1 saturated heterocycles. The summed E-state index contributed by atoms with van der Waals surface area (Å²) in [7, 11) is 5.34. The number of piperidine rings is 1. The molecule has 0 unspecified atom stereocenters. The Labute approximate surface area is 406 Å². The van der Waals surface area contributed by atoms with Gasteiger partial charge in [-0.15, -0.1) is 0 Å².